The monoisotopic (exact) mass is 1240 g/mol. The molecule has 4 heterocycles. The molecule has 18 rings (SSSR count). The molecule has 2 aromatic heterocycles. The van der Waals surface area contributed by atoms with Crippen LogP contribution >= 0.6 is 0 Å². The fraction of sp³-hybridized carbons (Fsp3) is 0.0870. The van der Waals surface area contributed by atoms with Crippen LogP contribution in [0.25, 0.3) is 111 Å². The first-order chi connectivity index (χ1) is 47.4. The molecule has 0 spiro atoms. The lowest BCUT2D eigenvalue weighted by Gasteiger charge is -2.46. The van der Waals surface area contributed by atoms with Crippen LogP contribution in [0.1, 0.15) is 52.7 Å². The van der Waals surface area contributed by atoms with E-state index >= 15 is 0 Å². The average Bonchev–Trinajstić information content (AvgIpc) is 1.67. The molecule has 0 N–H and O–H groups in total. The Morgan fingerprint density at radius 1 is 0.258 bits per heavy atom. The van der Waals surface area contributed by atoms with Crippen molar-refractivity contribution < 1.29 is 0 Å². The zero-order valence-electron chi connectivity index (χ0n) is 55.5. The predicted octanol–water partition coefficient (Wildman–Crippen LogP) is 22.9. The molecule has 0 bridgehead atoms. The second-order valence-corrected chi connectivity index (χ2v) is 28.4. The van der Waals surface area contributed by atoms with Crippen molar-refractivity contribution in [3.05, 3.63) is 333 Å². The summed E-state index contributed by atoms with van der Waals surface area (Å²) in [6, 6.07) is 121. The molecular formula is C92H71BN4. The van der Waals surface area contributed by atoms with E-state index in [2.05, 4.69) is 382 Å². The van der Waals surface area contributed by atoms with Gasteiger partial charge in [0.05, 0.1) is 39.1 Å². The molecule has 0 atom stereocenters. The molecule has 2 aliphatic heterocycles. The van der Waals surface area contributed by atoms with Crippen molar-refractivity contribution in [2.24, 2.45) is 0 Å². The Morgan fingerprint density at radius 2 is 0.649 bits per heavy atom. The van der Waals surface area contributed by atoms with Crippen molar-refractivity contribution in [1.82, 2.24) is 9.13 Å². The highest BCUT2D eigenvalue weighted by Gasteiger charge is 2.47. The van der Waals surface area contributed by atoms with Gasteiger partial charge in [-0.15, -0.1) is 0 Å². The molecule has 2 aliphatic rings. The number of nitrogens with zero attached hydrogens (tertiary/aromatic N) is 4. The van der Waals surface area contributed by atoms with Crippen molar-refractivity contribution in [3.8, 4) is 67.0 Å². The van der Waals surface area contributed by atoms with Gasteiger partial charge in [-0.2, -0.15) is 0 Å². The number of fused-ring (bicyclic) bond motifs is 11. The Kier molecular flexibility index (Phi) is 13.4. The van der Waals surface area contributed by atoms with Gasteiger partial charge < -0.3 is 18.9 Å². The second-order valence-electron chi connectivity index (χ2n) is 28.4. The van der Waals surface area contributed by atoms with Crippen LogP contribution < -0.4 is 26.2 Å². The Bertz CT molecular complexity index is 5580. The summed E-state index contributed by atoms with van der Waals surface area (Å²) in [4.78, 5) is 5.42. The number of para-hydroxylation sites is 5. The standard InChI is InChI=1S/C92H71BN4/c1-91(2,3)66-56-67(92(4,5)6)58-69(57-66)95-81-49-27-24-42-76(81)86-82(95)53-52-78-90(86)97(89-72(63-36-18-10-19-37-63)45-29-46-73(89)64-38-20-11-21-39-64)85-55-65(60-30-12-7-13-31-60)54-84-87(85)93(78)77-51-50-68(94-79-47-25-22-40-74(79)75-41-23-26-48-80(75)94)59-83(77)96(84)88-70(61-32-14-8-15-33-61)43-28-44-71(88)62-34-16-9-17-35-62/h7-59H,1-6H3. The van der Waals surface area contributed by atoms with Crippen molar-refractivity contribution in [2.75, 3.05) is 9.80 Å². The van der Waals surface area contributed by atoms with Gasteiger partial charge in [0.15, 0.2) is 0 Å². The minimum Gasteiger partial charge on any atom is -0.310 e. The molecule has 462 valence electrons. The smallest absolute Gasteiger partial charge is 0.252 e. The molecule has 16 aromatic rings. The fourth-order valence-corrected chi connectivity index (χ4v) is 16.0. The molecule has 0 aliphatic carbocycles. The van der Waals surface area contributed by atoms with Gasteiger partial charge >= 0.3 is 0 Å². The van der Waals surface area contributed by atoms with Gasteiger partial charge in [0, 0.05) is 72.2 Å². The highest BCUT2D eigenvalue weighted by atomic mass is 15.2. The molecule has 0 unspecified atom stereocenters. The highest BCUT2D eigenvalue weighted by molar-refractivity contribution is 7.00. The minimum absolute atomic E-state index is 0.106. The first kappa shape index (κ1) is 58.0. The zero-order chi connectivity index (χ0) is 65.3. The molecule has 0 radical (unpaired) electrons. The van der Waals surface area contributed by atoms with Gasteiger partial charge in [-0.25, -0.2) is 0 Å². The quantitative estimate of drug-likeness (QED) is 0.134. The zero-order valence-corrected chi connectivity index (χ0v) is 55.5. The topological polar surface area (TPSA) is 16.3 Å². The number of benzene rings is 14. The lowest BCUT2D eigenvalue weighted by molar-refractivity contribution is 0.568. The number of aromatic nitrogens is 2. The SMILES string of the molecule is CC(C)(C)c1cc(-n2c3ccccc3c3c4c(ccc32)B2c3ccc(-n5c6ccccc6c6ccccc65)cc3N(c3c(-c5ccccc5)cccc3-c3ccccc3)c3cc(-c5ccccc5)cc(c32)N4c2c(-c3ccccc3)cccc2-c2ccccc2)cc(C(C)(C)C)c1. The number of hydrogen-bond donors (Lipinski definition) is 0. The van der Waals surface area contributed by atoms with E-state index < -0.39 is 0 Å². The van der Waals surface area contributed by atoms with E-state index in [-0.39, 0.29) is 17.5 Å². The summed E-state index contributed by atoms with van der Waals surface area (Å²) in [5, 5.41) is 4.86. The summed E-state index contributed by atoms with van der Waals surface area (Å²) in [5.41, 5.74) is 31.2. The van der Waals surface area contributed by atoms with Crippen molar-refractivity contribution in [1.29, 1.82) is 0 Å². The maximum atomic E-state index is 2.74. The van der Waals surface area contributed by atoms with Crippen molar-refractivity contribution in [3.63, 3.8) is 0 Å². The molecule has 5 heteroatoms. The first-order valence-electron chi connectivity index (χ1n) is 34.1. The van der Waals surface area contributed by atoms with Gasteiger partial charge in [-0.1, -0.05) is 302 Å². The van der Waals surface area contributed by atoms with E-state index in [0.29, 0.717) is 0 Å². The third-order valence-corrected chi connectivity index (χ3v) is 20.6. The third-order valence-electron chi connectivity index (χ3n) is 20.6. The molecule has 14 aromatic carbocycles. The Labute approximate surface area is 568 Å². The van der Waals surface area contributed by atoms with E-state index in [0.717, 1.165) is 106 Å². The number of rotatable bonds is 9. The lowest BCUT2D eigenvalue weighted by atomic mass is 9.33. The molecule has 4 nitrogen and oxygen atoms in total. The number of hydrogen-bond acceptors (Lipinski definition) is 2. The summed E-state index contributed by atoms with van der Waals surface area (Å²) in [6.07, 6.45) is 0. The molecule has 97 heavy (non-hydrogen) atoms. The molecule has 0 saturated carbocycles. The van der Waals surface area contributed by atoms with Crippen LogP contribution in [0, 0.1) is 0 Å². The van der Waals surface area contributed by atoms with Gasteiger partial charge in [0.1, 0.15) is 0 Å². The molecule has 0 saturated heterocycles. The average molecular weight is 1240 g/mol. The third kappa shape index (κ3) is 9.35. The van der Waals surface area contributed by atoms with E-state index in [4.69, 9.17) is 0 Å². The Balaban J connectivity index is 1.05. The van der Waals surface area contributed by atoms with E-state index in [9.17, 15) is 0 Å². The van der Waals surface area contributed by atoms with Crippen LogP contribution in [0.4, 0.5) is 34.1 Å². The van der Waals surface area contributed by atoms with E-state index in [1.165, 1.54) is 65.8 Å². The van der Waals surface area contributed by atoms with Crippen LogP contribution in [0.3, 0.4) is 0 Å². The summed E-state index contributed by atoms with van der Waals surface area (Å²) in [5.74, 6) is 0. The predicted molar refractivity (Wildman–Crippen MR) is 414 cm³/mol. The van der Waals surface area contributed by atoms with Crippen LogP contribution in [0.5, 0.6) is 0 Å². The van der Waals surface area contributed by atoms with Gasteiger partial charge in [-0.3, -0.25) is 0 Å². The largest absolute Gasteiger partial charge is 0.310 e. The van der Waals surface area contributed by atoms with Crippen molar-refractivity contribution >= 4 is 101 Å². The second kappa shape index (κ2) is 22.5. The van der Waals surface area contributed by atoms with Gasteiger partial charge in [-0.05, 0) is 132 Å². The van der Waals surface area contributed by atoms with Crippen molar-refractivity contribution in [2.45, 2.75) is 52.4 Å². The maximum Gasteiger partial charge on any atom is 0.252 e. The Hall–Kier alpha value is -11.7. The van der Waals surface area contributed by atoms with E-state index in [1.807, 2.05) is 0 Å². The summed E-state index contributed by atoms with van der Waals surface area (Å²) < 4.78 is 5.07. The van der Waals surface area contributed by atoms with Crippen LogP contribution in [0.15, 0.2) is 322 Å². The van der Waals surface area contributed by atoms with E-state index in [1.54, 1.807) is 0 Å². The normalized spacial score (nSPS) is 12.8. The first-order valence-corrected chi connectivity index (χ1v) is 34.1. The minimum atomic E-state index is -0.254. The summed E-state index contributed by atoms with van der Waals surface area (Å²) >= 11 is 0. The molecule has 0 amide bonds. The number of anilines is 6. The fourth-order valence-electron chi connectivity index (χ4n) is 16.0. The molecule has 0 fully saturated rings. The summed E-state index contributed by atoms with van der Waals surface area (Å²) in [6.45, 7) is 13.8. The van der Waals surface area contributed by atoms with Crippen LogP contribution in [-0.4, -0.2) is 15.8 Å². The van der Waals surface area contributed by atoms with Crippen LogP contribution in [-0.2, 0) is 10.8 Å². The highest BCUT2D eigenvalue weighted by Crippen LogP contribution is 2.56. The van der Waals surface area contributed by atoms with Gasteiger partial charge in [0.2, 0.25) is 0 Å². The maximum absolute atomic E-state index is 2.74. The Morgan fingerprint density at radius 3 is 1.12 bits per heavy atom. The molecular weight excluding hydrogens is 1170 g/mol. The summed E-state index contributed by atoms with van der Waals surface area (Å²) in [7, 11) is 0. The lowest BCUT2D eigenvalue weighted by Crippen LogP contribution is -2.61. The van der Waals surface area contributed by atoms with Crippen LogP contribution in [0.2, 0.25) is 0 Å². The van der Waals surface area contributed by atoms with Gasteiger partial charge in [0.25, 0.3) is 6.71 Å².